The number of aromatic nitrogens is 3. The molecule has 0 saturated carbocycles. The van der Waals surface area contributed by atoms with Gasteiger partial charge in [-0.15, -0.1) is 34.2 Å². The molecule has 1 aliphatic heterocycles. The van der Waals surface area contributed by atoms with E-state index in [0.29, 0.717) is 12.5 Å². The lowest BCUT2D eigenvalue weighted by atomic mass is 10.1. The molecule has 150 valence electrons. The molecule has 0 saturated heterocycles. The Morgan fingerprint density at radius 3 is 2.73 bits per heavy atom. The molecule has 0 bridgehead atoms. The van der Waals surface area contributed by atoms with Gasteiger partial charge in [0.05, 0.1) is 6.61 Å². The largest absolute Gasteiger partial charge is 0.380 e. The van der Waals surface area contributed by atoms with Gasteiger partial charge < -0.3 is 19.9 Å². The van der Waals surface area contributed by atoms with Crippen molar-refractivity contribution in [1.29, 1.82) is 0 Å². The fraction of sp³-hybridized carbons (Fsp3) is 0.833. The summed E-state index contributed by atoms with van der Waals surface area (Å²) in [5.74, 6) is 3.73. The minimum absolute atomic E-state index is 0. The minimum Gasteiger partial charge on any atom is -0.380 e. The fourth-order valence-corrected chi connectivity index (χ4v) is 2.91. The standard InChI is InChI=1S/C18H34N6O.HI/c1-15(2)9-13-25-14-11-21-18(19-3)20-10-8-17-23-22-16-7-5-4-6-12-24(16)17;/h15H,4-14H2,1-3H3,(H2,19,20,21);1H. The van der Waals surface area contributed by atoms with Crippen LogP contribution in [0, 0.1) is 5.92 Å². The average Bonchev–Trinajstić information content (AvgIpc) is 2.82. The lowest BCUT2D eigenvalue weighted by Crippen LogP contribution is -2.40. The van der Waals surface area contributed by atoms with Crippen molar-refractivity contribution < 1.29 is 4.74 Å². The molecule has 0 amide bonds. The van der Waals surface area contributed by atoms with Gasteiger partial charge in [0, 0.05) is 46.1 Å². The summed E-state index contributed by atoms with van der Waals surface area (Å²) in [6.07, 6.45) is 6.77. The Labute approximate surface area is 174 Å². The van der Waals surface area contributed by atoms with Gasteiger partial charge in [0.15, 0.2) is 5.96 Å². The van der Waals surface area contributed by atoms with Gasteiger partial charge in [0.1, 0.15) is 11.6 Å². The Balaban J connectivity index is 0.00000338. The SMILES string of the molecule is CN=C(NCCOCCC(C)C)NCCc1nnc2n1CCCCC2.I. The van der Waals surface area contributed by atoms with Crippen LogP contribution in [0.2, 0.25) is 0 Å². The van der Waals surface area contributed by atoms with Crippen LogP contribution in [0.4, 0.5) is 0 Å². The zero-order chi connectivity index (χ0) is 17.9. The zero-order valence-electron chi connectivity index (χ0n) is 16.5. The predicted molar refractivity (Wildman–Crippen MR) is 116 cm³/mol. The van der Waals surface area contributed by atoms with E-state index < -0.39 is 0 Å². The molecular formula is C18H35IN6O. The molecule has 0 atom stereocenters. The van der Waals surface area contributed by atoms with Crippen molar-refractivity contribution in [1.82, 2.24) is 25.4 Å². The summed E-state index contributed by atoms with van der Waals surface area (Å²) in [5, 5.41) is 15.3. The number of aryl methyl sites for hydroxylation is 1. The van der Waals surface area contributed by atoms with Gasteiger partial charge >= 0.3 is 0 Å². The van der Waals surface area contributed by atoms with Crippen LogP contribution in [0.1, 0.15) is 51.2 Å². The molecule has 7 nitrogen and oxygen atoms in total. The summed E-state index contributed by atoms with van der Waals surface area (Å²) in [6.45, 7) is 8.56. The van der Waals surface area contributed by atoms with Crippen LogP contribution < -0.4 is 10.6 Å². The highest BCUT2D eigenvalue weighted by Gasteiger charge is 2.14. The second-order valence-electron chi connectivity index (χ2n) is 6.97. The zero-order valence-corrected chi connectivity index (χ0v) is 18.8. The summed E-state index contributed by atoms with van der Waals surface area (Å²) in [4.78, 5) is 4.25. The maximum atomic E-state index is 5.61. The summed E-state index contributed by atoms with van der Waals surface area (Å²) in [7, 11) is 1.79. The summed E-state index contributed by atoms with van der Waals surface area (Å²) in [5.41, 5.74) is 0. The summed E-state index contributed by atoms with van der Waals surface area (Å²) < 4.78 is 7.91. The second-order valence-corrected chi connectivity index (χ2v) is 6.97. The van der Waals surface area contributed by atoms with E-state index in [4.69, 9.17) is 4.74 Å². The van der Waals surface area contributed by atoms with Gasteiger partial charge in [-0.3, -0.25) is 4.99 Å². The first-order valence-corrected chi connectivity index (χ1v) is 9.64. The molecule has 0 aromatic carbocycles. The van der Waals surface area contributed by atoms with Crippen molar-refractivity contribution >= 4 is 29.9 Å². The highest BCUT2D eigenvalue weighted by Crippen LogP contribution is 2.14. The number of hydrogen-bond acceptors (Lipinski definition) is 4. The van der Waals surface area contributed by atoms with Crippen molar-refractivity contribution in [2.24, 2.45) is 10.9 Å². The lowest BCUT2D eigenvalue weighted by molar-refractivity contribution is 0.128. The molecule has 0 unspecified atom stereocenters. The first-order valence-electron chi connectivity index (χ1n) is 9.64. The van der Waals surface area contributed by atoms with E-state index >= 15 is 0 Å². The number of halogens is 1. The second kappa shape index (κ2) is 13.3. The van der Waals surface area contributed by atoms with Gasteiger partial charge in [0.2, 0.25) is 0 Å². The van der Waals surface area contributed by atoms with Crippen molar-refractivity contribution in [3.63, 3.8) is 0 Å². The van der Waals surface area contributed by atoms with E-state index in [1.54, 1.807) is 7.05 Å². The molecule has 1 aromatic rings. The van der Waals surface area contributed by atoms with Crippen molar-refractivity contribution in [3.8, 4) is 0 Å². The van der Waals surface area contributed by atoms with Gasteiger partial charge in [-0.2, -0.15) is 0 Å². The predicted octanol–water partition coefficient (Wildman–Crippen LogP) is 2.39. The lowest BCUT2D eigenvalue weighted by Gasteiger charge is -2.13. The Bertz CT molecular complexity index is 532. The van der Waals surface area contributed by atoms with E-state index in [9.17, 15) is 0 Å². The third-order valence-corrected chi connectivity index (χ3v) is 4.43. The first-order chi connectivity index (χ1) is 12.2. The van der Waals surface area contributed by atoms with Crippen LogP contribution in [0.25, 0.3) is 0 Å². The fourth-order valence-electron chi connectivity index (χ4n) is 2.91. The minimum atomic E-state index is 0. The number of rotatable bonds is 9. The Kier molecular flexibility index (Phi) is 11.8. The molecule has 2 rings (SSSR count). The molecule has 1 aliphatic rings. The number of nitrogens with one attached hydrogen (secondary N) is 2. The van der Waals surface area contributed by atoms with E-state index in [-0.39, 0.29) is 24.0 Å². The normalized spacial score (nSPS) is 14.5. The van der Waals surface area contributed by atoms with Crippen LogP contribution >= 0.6 is 24.0 Å². The van der Waals surface area contributed by atoms with Gasteiger partial charge in [-0.1, -0.05) is 20.3 Å². The third-order valence-electron chi connectivity index (χ3n) is 4.43. The van der Waals surface area contributed by atoms with Crippen LogP contribution in [-0.2, 0) is 24.1 Å². The highest BCUT2D eigenvalue weighted by molar-refractivity contribution is 14.0. The summed E-state index contributed by atoms with van der Waals surface area (Å²) >= 11 is 0. The third kappa shape index (κ3) is 8.20. The molecular weight excluding hydrogens is 443 g/mol. The Morgan fingerprint density at radius 2 is 1.96 bits per heavy atom. The molecule has 2 N–H and O–H groups in total. The first kappa shape index (κ1) is 23.1. The van der Waals surface area contributed by atoms with E-state index in [0.717, 1.165) is 63.1 Å². The van der Waals surface area contributed by atoms with E-state index in [1.807, 2.05) is 0 Å². The van der Waals surface area contributed by atoms with Crippen molar-refractivity contribution in [2.45, 2.75) is 58.9 Å². The number of aliphatic imine (C=N–C) groups is 1. The summed E-state index contributed by atoms with van der Waals surface area (Å²) in [6, 6.07) is 0. The maximum absolute atomic E-state index is 5.61. The molecule has 0 spiro atoms. The highest BCUT2D eigenvalue weighted by atomic mass is 127. The number of guanidine groups is 1. The molecule has 0 radical (unpaired) electrons. The molecule has 0 fully saturated rings. The van der Waals surface area contributed by atoms with E-state index in [2.05, 4.69) is 44.2 Å². The molecule has 1 aromatic heterocycles. The van der Waals surface area contributed by atoms with Crippen LogP contribution in [0.5, 0.6) is 0 Å². The molecule has 0 aliphatic carbocycles. The Morgan fingerprint density at radius 1 is 1.15 bits per heavy atom. The van der Waals surface area contributed by atoms with Crippen LogP contribution in [0.15, 0.2) is 4.99 Å². The number of nitrogens with zero attached hydrogens (tertiary/aromatic N) is 4. The number of hydrogen-bond donors (Lipinski definition) is 2. The van der Waals surface area contributed by atoms with Crippen molar-refractivity contribution in [2.75, 3.05) is 33.4 Å². The number of fused-ring (bicyclic) bond motifs is 1. The van der Waals surface area contributed by atoms with Gasteiger partial charge in [-0.05, 0) is 25.2 Å². The van der Waals surface area contributed by atoms with Crippen molar-refractivity contribution in [3.05, 3.63) is 11.6 Å². The van der Waals surface area contributed by atoms with E-state index in [1.165, 1.54) is 19.3 Å². The van der Waals surface area contributed by atoms with Crippen LogP contribution in [-0.4, -0.2) is 54.1 Å². The Hall–Kier alpha value is -0.900. The monoisotopic (exact) mass is 478 g/mol. The van der Waals surface area contributed by atoms with Crippen LogP contribution in [0.3, 0.4) is 0 Å². The maximum Gasteiger partial charge on any atom is 0.191 e. The average molecular weight is 478 g/mol. The molecule has 2 heterocycles. The smallest absolute Gasteiger partial charge is 0.191 e. The quantitative estimate of drug-likeness (QED) is 0.247. The van der Waals surface area contributed by atoms with Gasteiger partial charge in [0.25, 0.3) is 0 Å². The number of ether oxygens (including phenoxy) is 1. The molecule has 26 heavy (non-hydrogen) atoms. The molecule has 8 heteroatoms. The van der Waals surface area contributed by atoms with Gasteiger partial charge in [-0.25, -0.2) is 0 Å². The topological polar surface area (TPSA) is 76.4 Å².